The van der Waals surface area contributed by atoms with Crippen LogP contribution >= 0.6 is 0 Å². The third-order valence-electron chi connectivity index (χ3n) is 6.39. The van der Waals surface area contributed by atoms with Crippen LogP contribution < -0.4 is 30.7 Å². The molecule has 0 unspecified atom stereocenters. The van der Waals surface area contributed by atoms with Crippen LogP contribution in [0.15, 0.2) is 72.8 Å². The molecule has 1 aromatic heterocycles. The van der Waals surface area contributed by atoms with E-state index in [4.69, 9.17) is 18.9 Å². The van der Waals surface area contributed by atoms with Crippen molar-refractivity contribution in [2.24, 2.45) is 0 Å². The molecule has 0 aliphatic carbocycles. The predicted molar refractivity (Wildman–Crippen MR) is 162 cm³/mol. The lowest BCUT2D eigenvalue weighted by molar-refractivity contribution is 0.0519. The predicted octanol–water partition coefficient (Wildman–Crippen LogP) is 3.84. The fourth-order valence-electron chi connectivity index (χ4n) is 4.15. The minimum Gasteiger partial charge on any atom is -0.454 e. The van der Waals surface area contributed by atoms with Gasteiger partial charge in [-0.05, 0) is 35.9 Å². The van der Waals surface area contributed by atoms with Crippen LogP contribution in [0.5, 0.6) is 11.5 Å². The number of fused-ring (bicyclic) bond motifs is 1. The summed E-state index contributed by atoms with van der Waals surface area (Å²) < 4.78 is 36.1. The average Bonchev–Trinajstić information content (AvgIpc) is 3.53. The van der Waals surface area contributed by atoms with Crippen molar-refractivity contribution in [2.75, 3.05) is 62.3 Å². The fourth-order valence-corrected chi connectivity index (χ4v) is 4.15. The molecule has 3 aromatic carbocycles. The van der Waals surface area contributed by atoms with Gasteiger partial charge >= 0.3 is 0 Å². The van der Waals surface area contributed by atoms with E-state index in [1.807, 2.05) is 36.4 Å². The summed E-state index contributed by atoms with van der Waals surface area (Å²) >= 11 is 0. The van der Waals surface area contributed by atoms with Gasteiger partial charge in [-0.2, -0.15) is 15.0 Å². The molecule has 5 rings (SSSR count). The number of nitrogens with one attached hydrogen (secondary N) is 4. The summed E-state index contributed by atoms with van der Waals surface area (Å²) in [6.07, 6.45) is 0. The molecular formula is C31H34FN7O5. The first-order valence-corrected chi connectivity index (χ1v) is 14.2. The van der Waals surface area contributed by atoms with Crippen LogP contribution in [-0.2, 0) is 22.6 Å². The second kappa shape index (κ2) is 16.0. The van der Waals surface area contributed by atoms with Crippen molar-refractivity contribution in [1.29, 1.82) is 0 Å². The summed E-state index contributed by atoms with van der Waals surface area (Å²) in [6, 6.07) is 21.2. The number of anilines is 3. The fraction of sp³-hybridized carbons (Fsp3) is 0.290. The smallest absolute Gasteiger partial charge is 0.251 e. The molecule has 0 saturated heterocycles. The molecular weight excluding hydrogens is 569 g/mol. The minimum atomic E-state index is -0.313. The maximum atomic E-state index is 14.1. The Hall–Kier alpha value is -5.01. The Morgan fingerprint density at radius 3 is 2.16 bits per heavy atom. The van der Waals surface area contributed by atoms with Crippen molar-refractivity contribution >= 4 is 23.8 Å². The van der Waals surface area contributed by atoms with Gasteiger partial charge in [-0.1, -0.05) is 42.5 Å². The van der Waals surface area contributed by atoms with E-state index in [9.17, 15) is 9.18 Å². The van der Waals surface area contributed by atoms with E-state index in [1.54, 1.807) is 30.3 Å². The summed E-state index contributed by atoms with van der Waals surface area (Å²) in [5.74, 6) is 1.91. The second-order valence-electron chi connectivity index (χ2n) is 9.57. The lowest BCUT2D eigenvalue weighted by Gasteiger charge is -2.12. The van der Waals surface area contributed by atoms with Crippen molar-refractivity contribution in [1.82, 2.24) is 20.3 Å². The van der Waals surface area contributed by atoms with Gasteiger partial charge in [-0.3, -0.25) is 4.79 Å². The van der Waals surface area contributed by atoms with Gasteiger partial charge in [0.2, 0.25) is 24.6 Å². The van der Waals surface area contributed by atoms with E-state index in [0.717, 1.165) is 5.56 Å². The maximum Gasteiger partial charge on any atom is 0.251 e. The molecule has 12 nitrogen and oxygen atoms in total. The van der Waals surface area contributed by atoms with Crippen molar-refractivity contribution in [3.05, 3.63) is 95.3 Å². The molecule has 230 valence electrons. The van der Waals surface area contributed by atoms with Crippen molar-refractivity contribution < 1.29 is 28.1 Å². The Morgan fingerprint density at radius 2 is 1.39 bits per heavy atom. The number of hydrogen-bond acceptors (Lipinski definition) is 11. The zero-order valence-electron chi connectivity index (χ0n) is 24.1. The highest BCUT2D eigenvalue weighted by molar-refractivity contribution is 5.94. The average molecular weight is 604 g/mol. The Morgan fingerprint density at radius 1 is 0.727 bits per heavy atom. The van der Waals surface area contributed by atoms with Crippen LogP contribution in [0.4, 0.5) is 22.2 Å². The summed E-state index contributed by atoms with van der Waals surface area (Å²) in [7, 11) is 0. The number of carbonyl (C=O) groups excluding carboxylic acids is 1. The van der Waals surface area contributed by atoms with Gasteiger partial charge in [0.25, 0.3) is 5.91 Å². The Labute approximate surface area is 254 Å². The summed E-state index contributed by atoms with van der Waals surface area (Å²) in [5, 5.41) is 12.2. The second-order valence-corrected chi connectivity index (χ2v) is 9.57. The topological polar surface area (TPSA) is 141 Å². The first-order valence-electron chi connectivity index (χ1n) is 14.2. The number of halogens is 1. The van der Waals surface area contributed by atoms with Gasteiger partial charge in [0.15, 0.2) is 11.5 Å². The summed E-state index contributed by atoms with van der Waals surface area (Å²) in [5.41, 5.74) is 2.06. The van der Waals surface area contributed by atoms with Crippen molar-refractivity contribution in [3.8, 4) is 11.5 Å². The number of benzene rings is 3. The van der Waals surface area contributed by atoms with Crippen molar-refractivity contribution in [2.45, 2.75) is 13.1 Å². The van der Waals surface area contributed by atoms with Crippen LogP contribution in [0.2, 0.25) is 0 Å². The number of nitrogens with zero attached hydrogens (tertiary/aromatic N) is 3. The van der Waals surface area contributed by atoms with Crippen molar-refractivity contribution in [3.63, 3.8) is 0 Å². The Bertz CT molecular complexity index is 1510. The molecule has 13 heteroatoms. The van der Waals surface area contributed by atoms with Crippen LogP contribution in [0.1, 0.15) is 21.5 Å². The zero-order chi connectivity index (χ0) is 30.4. The van der Waals surface area contributed by atoms with Crippen LogP contribution in [0.3, 0.4) is 0 Å². The van der Waals surface area contributed by atoms with E-state index >= 15 is 0 Å². The standard InChI is InChI=1S/C31H34FN7O5/c32-25-9-5-4-8-24(25)20-36-31-38-29(37-30(39-31)35-19-22-10-11-26-27(18-22)44-21-43-26)34-13-15-42-17-16-41-14-12-33-28(40)23-6-2-1-3-7-23/h1-11,18H,12-17,19-21H2,(H,33,40)(H3,34,35,36,37,38,39). The molecule has 0 bridgehead atoms. The highest BCUT2D eigenvalue weighted by Crippen LogP contribution is 2.32. The van der Waals surface area contributed by atoms with Gasteiger partial charge in [0, 0.05) is 37.3 Å². The van der Waals surface area contributed by atoms with E-state index in [-0.39, 0.29) is 31.0 Å². The Kier molecular flexibility index (Phi) is 11.1. The molecule has 1 aliphatic heterocycles. The quantitative estimate of drug-likeness (QED) is 0.131. The number of hydrogen-bond donors (Lipinski definition) is 4. The first kappa shape index (κ1) is 30.4. The largest absolute Gasteiger partial charge is 0.454 e. The zero-order valence-corrected chi connectivity index (χ0v) is 24.1. The molecule has 4 aromatic rings. The molecule has 0 radical (unpaired) electrons. The van der Waals surface area contributed by atoms with E-state index in [1.165, 1.54) is 6.07 Å². The molecule has 1 amide bonds. The lowest BCUT2D eigenvalue weighted by atomic mass is 10.2. The van der Waals surface area contributed by atoms with Gasteiger partial charge < -0.3 is 40.2 Å². The molecule has 2 heterocycles. The number of aromatic nitrogens is 3. The highest BCUT2D eigenvalue weighted by Gasteiger charge is 2.14. The van der Waals surface area contributed by atoms with Gasteiger partial charge in [0.05, 0.1) is 26.4 Å². The van der Waals surface area contributed by atoms with Gasteiger partial charge in [-0.15, -0.1) is 0 Å². The molecule has 0 fully saturated rings. The number of carbonyl (C=O) groups is 1. The SMILES string of the molecule is O=C(NCCOCCOCCNc1nc(NCc2ccc3c(c2)OCO3)nc(NCc2ccccc2F)n1)c1ccccc1. The number of amides is 1. The van der Waals surface area contributed by atoms with Gasteiger partial charge in [-0.25, -0.2) is 4.39 Å². The molecule has 0 atom stereocenters. The molecule has 0 saturated carbocycles. The highest BCUT2D eigenvalue weighted by atomic mass is 19.1. The van der Waals surface area contributed by atoms with Crippen LogP contribution in [0, 0.1) is 5.82 Å². The maximum absolute atomic E-state index is 14.1. The van der Waals surface area contributed by atoms with Gasteiger partial charge in [0.1, 0.15) is 5.82 Å². The van der Waals surface area contributed by atoms with Crippen LogP contribution in [0.25, 0.3) is 0 Å². The third kappa shape index (κ3) is 9.24. The number of ether oxygens (including phenoxy) is 4. The molecule has 1 aliphatic rings. The third-order valence-corrected chi connectivity index (χ3v) is 6.39. The summed E-state index contributed by atoms with van der Waals surface area (Å²) in [4.78, 5) is 25.4. The number of rotatable bonds is 17. The molecule has 0 spiro atoms. The van der Waals surface area contributed by atoms with E-state index in [0.29, 0.717) is 80.6 Å². The first-order chi connectivity index (χ1) is 21.6. The van der Waals surface area contributed by atoms with Crippen LogP contribution in [-0.4, -0.2) is 67.2 Å². The van der Waals surface area contributed by atoms with E-state index < -0.39 is 0 Å². The monoisotopic (exact) mass is 603 g/mol. The molecule has 44 heavy (non-hydrogen) atoms. The molecule has 4 N–H and O–H groups in total. The minimum absolute atomic E-state index is 0.133. The normalized spacial score (nSPS) is 11.7. The Balaban J connectivity index is 1.06. The summed E-state index contributed by atoms with van der Waals surface area (Å²) in [6.45, 7) is 3.25. The van der Waals surface area contributed by atoms with E-state index in [2.05, 4.69) is 36.2 Å². The lowest BCUT2D eigenvalue weighted by Crippen LogP contribution is -2.27.